The molecule has 6 heteroatoms. The summed E-state index contributed by atoms with van der Waals surface area (Å²) in [6, 6.07) is 0. The second-order valence-corrected chi connectivity index (χ2v) is 13.4. The lowest BCUT2D eigenvalue weighted by Crippen LogP contribution is -2.65. The van der Waals surface area contributed by atoms with E-state index in [1.54, 1.807) is 21.3 Å². The lowest BCUT2D eigenvalue weighted by Gasteiger charge is -2.51. The Labute approximate surface area is 208 Å². The van der Waals surface area contributed by atoms with Crippen molar-refractivity contribution < 1.29 is 13.3 Å². The molecule has 0 aliphatic carbocycles. The standard InChI is InChI=1S/C26H57NO3Si.ClH/c1-8-10-11-12-13-14-15-16-17-18-19-20-21-22-24-26(23-9-2,25(3,4)27)31(28-5,29-6)30-7;/h8-24,27H2,1-7H3;1H. The van der Waals surface area contributed by atoms with Crippen LogP contribution in [0, 0.1) is 0 Å². The molecule has 0 aromatic heterocycles. The van der Waals surface area contributed by atoms with Crippen molar-refractivity contribution in [1.29, 1.82) is 0 Å². The molecule has 1 atom stereocenters. The molecule has 0 radical (unpaired) electrons. The summed E-state index contributed by atoms with van der Waals surface area (Å²) in [6.45, 7) is 8.73. The van der Waals surface area contributed by atoms with Crippen LogP contribution in [0.1, 0.15) is 137 Å². The van der Waals surface area contributed by atoms with E-state index < -0.39 is 14.3 Å². The zero-order chi connectivity index (χ0) is 23.6. The molecule has 0 saturated carbocycles. The average Bonchev–Trinajstić information content (AvgIpc) is 2.74. The van der Waals surface area contributed by atoms with Gasteiger partial charge in [-0.15, -0.1) is 12.4 Å². The molecule has 0 aromatic rings. The monoisotopic (exact) mass is 495 g/mol. The predicted molar refractivity (Wildman–Crippen MR) is 145 cm³/mol. The number of nitrogens with two attached hydrogens (primary N) is 1. The summed E-state index contributed by atoms with van der Waals surface area (Å²) < 4.78 is 17.9. The molecule has 1 unspecified atom stereocenters. The molecular weight excluding hydrogens is 438 g/mol. The van der Waals surface area contributed by atoms with Crippen LogP contribution in [0.5, 0.6) is 0 Å². The topological polar surface area (TPSA) is 53.7 Å². The van der Waals surface area contributed by atoms with Crippen molar-refractivity contribution in [1.82, 2.24) is 0 Å². The molecule has 0 fully saturated rings. The van der Waals surface area contributed by atoms with Gasteiger partial charge in [-0.05, 0) is 26.7 Å². The highest BCUT2D eigenvalue weighted by Crippen LogP contribution is 2.55. The molecule has 2 N–H and O–H groups in total. The van der Waals surface area contributed by atoms with Crippen LogP contribution in [0.25, 0.3) is 0 Å². The molecule has 0 aliphatic rings. The van der Waals surface area contributed by atoms with Gasteiger partial charge in [-0.1, -0.05) is 110 Å². The average molecular weight is 496 g/mol. The zero-order valence-electron chi connectivity index (χ0n) is 22.7. The van der Waals surface area contributed by atoms with Gasteiger partial charge in [0.25, 0.3) is 0 Å². The fraction of sp³-hybridized carbons (Fsp3) is 1.00. The molecule has 0 saturated heterocycles. The van der Waals surface area contributed by atoms with Crippen LogP contribution < -0.4 is 5.73 Å². The Morgan fingerprint density at radius 3 is 1.19 bits per heavy atom. The summed E-state index contributed by atoms with van der Waals surface area (Å²) in [5.74, 6) is 0. The first-order valence-electron chi connectivity index (χ1n) is 13.2. The molecule has 0 rings (SSSR count). The van der Waals surface area contributed by atoms with E-state index in [1.165, 1.54) is 83.5 Å². The van der Waals surface area contributed by atoms with Gasteiger partial charge in [-0.25, -0.2) is 0 Å². The Bertz CT molecular complexity index is 408. The van der Waals surface area contributed by atoms with Gasteiger partial charge < -0.3 is 19.0 Å². The van der Waals surface area contributed by atoms with E-state index in [-0.39, 0.29) is 17.4 Å². The zero-order valence-corrected chi connectivity index (χ0v) is 24.5. The van der Waals surface area contributed by atoms with Crippen molar-refractivity contribution in [3.05, 3.63) is 0 Å². The number of hydrogen-bond donors (Lipinski definition) is 1. The van der Waals surface area contributed by atoms with E-state index in [2.05, 4.69) is 27.7 Å². The van der Waals surface area contributed by atoms with Gasteiger partial charge in [-0.2, -0.15) is 0 Å². The van der Waals surface area contributed by atoms with Crippen molar-refractivity contribution in [3.63, 3.8) is 0 Å². The lowest BCUT2D eigenvalue weighted by atomic mass is 9.79. The summed E-state index contributed by atoms with van der Waals surface area (Å²) >= 11 is 0. The third kappa shape index (κ3) is 11.2. The Hall–Kier alpha value is 0.347. The second-order valence-electron chi connectivity index (χ2n) is 10.1. The minimum absolute atomic E-state index is 0. The minimum atomic E-state index is -2.88. The summed E-state index contributed by atoms with van der Waals surface area (Å²) in [5, 5.41) is -0.260. The molecule has 0 aliphatic heterocycles. The highest BCUT2D eigenvalue weighted by molar-refractivity contribution is 6.64. The second kappa shape index (κ2) is 19.6. The van der Waals surface area contributed by atoms with Crippen molar-refractivity contribution in [2.45, 2.75) is 147 Å². The molecule has 0 amide bonds. The van der Waals surface area contributed by atoms with Crippen molar-refractivity contribution >= 4 is 21.2 Å². The summed E-state index contributed by atoms with van der Waals surface area (Å²) in [5.41, 5.74) is 6.34. The lowest BCUT2D eigenvalue weighted by molar-refractivity contribution is 0.0594. The third-order valence-electron chi connectivity index (χ3n) is 7.26. The summed E-state index contributed by atoms with van der Waals surface area (Å²) in [6.07, 6.45) is 22.2. The van der Waals surface area contributed by atoms with Gasteiger partial charge in [0, 0.05) is 26.9 Å². The van der Waals surface area contributed by atoms with Crippen LogP contribution in [0.15, 0.2) is 0 Å². The summed E-state index contributed by atoms with van der Waals surface area (Å²) in [7, 11) is 2.28. The molecule has 0 spiro atoms. The third-order valence-corrected chi connectivity index (χ3v) is 11.2. The van der Waals surface area contributed by atoms with E-state index in [1.807, 2.05) is 0 Å². The molecule has 32 heavy (non-hydrogen) atoms. The van der Waals surface area contributed by atoms with Gasteiger partial charge in [0.1, 0.15) is 0 Å². The first-order valence-corrected chi connectivity index (χ1v) is 15.0. The number of unbranched alkanes of at least 4 members (excludes halogenated alkanes) is 13. The molecule has 0 aromatic carbocycles. The first kappa shape index (κ1) is 34.5. The highest BCUT2D eigenvalue weighted by Gasteiger charge is 2.64. The predicted octanol–water partition coefficient (Wildman–Crippen LogP) is 8.44. The van der Waals surface area contributed by atoms with Crippen molar-refractivity contribution in [2.24, 2.45) is 5.73 Å². The van der Waals surface area contributed by atoms with Gasteiger partial charge in [0.05, 0.1) is 5.04 Å². The Kier molecular flexibility index (Phi) is 21.2. The van der Waals surface area contributed by atoms with E-state index in [0.29, 0.717) is 0 Å². The van der Waals surface area contributed by atoms with Crippen molar-refractivity contribution in [3.8, 4) is 0 Å². The van der Waals surface area contributed by atoms with Crippen LogP contribution in [0.3, 0.4) is 0 Å². The largest absolute Gasteiger partial charge is 0.508 e. The smallest absolute Gasteiger partial charge is 0.376 e. The van der Waals surface area contributed by atoms with Gasteiger partial charge in [-0.3, -0.25) is 0 Å². The molecule has 0 bridgehead atoms. The van der Waals surface area contributed by atoms with Gasteiger partial charge >= 0.3 is 8.80 Å². The van der Waals surface area contributed by atoms with Crippen LogP contribution in [0.4, 0.5) is 0 Å². The molecular formula is C26H58ClNO3Si. The Balaban J connectivity index is 0. The fourth-order valence-corrected chi connectivity index (χ4v) is 8.85. The van der Waals surface area contributed by atoms with E-state index >= 15 is 0 Å². The normalized spacial score (nSPS) is 14.2. The Morgan fingerprint density at radius 1 is 0.562 bits per heavy atom. The van der Waals surface area contributed by atoms with E-state index in [4.69, 9.17) is 19.0 Å². The molecule has 0 heterocycles. The van der Waals surface area contributed by atoms with E-state index in [9.17, 15) is 0 Å². The van der Waals surface area contributed by atoms with Crippen molar-refractivity contribution in [2.75, 3.05) is 21.3 Å². The fourth-order valence-electron chi connectivity index (χ4n) is 5.35. The van der Waals surface area contributed by atoms with Crippen LogP contribution in [0.2, 0.25) is 5.04 Å². The van der Waals surface area contributed by atoms with Gasteiger partial charge in [0.15, 0.2) is 0 Å². The molecule has 196 valence electrons. The Morgan fingerprint density at radius 2 is 0.906 bits per heavy atom. The molecule has 4 nitrogen and oxygen atoms in total. The van der Waals surface area contributed by atoms with Gasteiger partial charge in [0.2, 0.25) is 0 Å². The number of halogens is 1. The maximum atomic E-state index is 6.76. The quantitative estimate of drug-likeness (QED) is 0.121. The minimum Gasteiger partial charge on any atom is -0.376 e. The summed E-state index contributed by atoms with van der Waals surface area (Å²) in [4.78, 5) is 0. The van der Waals surface area contributed by atoms with Crippen LogP contribution in [-0.4, -0.2) is 35.7 Å². The maximum absolute atomic E-state index is 6.76. The van der Waals surface area contributed by atoms with Crippen LogP contribution >= 0.6 is 12.4 Å². The highest BCUT2D eigenvalue weighted by atomic mass is 35.5. The SMILES string of the molecule is CCCCCCCCCCCCCCCCC(CCC)(C(C)(C)N)[Si](OC)(OC)OC.Cl. The van der Waals surface area contributed by atoms with Crippen LogP contribution in [-0.2, 0) is 13.3 Å². The first-order chi connectivity index (χ1) is 14.8. The number of hydrogen-bond acceptors (Lipinski definition) is 4. The van der Waals surface area contributed by atoms with E-state index in [0.717, 1.165) is 25.7 Å². The maximum Gasteiger partial charge on any atom is 0.508 e. The number of rotatable bonds is 22.